The maximum Gasteiger partial charge on any atom is 0.317 e. The summed E-state index contributed by atoms with van der Waals surface area (Å²) in [5.74, 6) is -0.349. The van der Waals surface area contributed by atoms with Gasteiger partial charge < -0.3 is 15.5 Å². The summed E-state index contributed by atoms with van der Waals surface area (Å²) in [6.45, 7) is 7.11. The van der Waals surface area contributed by atoms with Crippen molar-refractivity contribution in [1.29, 1.82) is 0 Å². The number of H-pyrrole nitrogens is 1. The summed E-state index contributed by atoms with van der Waals surface area (Å²) in [6.07, 6.45) is 1.47. The number of carbonyl (C=O) groups excluding carboxylic acids is 2. The first-order chi connectivity index (χ1) is 18.6. The molecule has 2 aromatic carbocycles. The van der Waals surface area contributed by atoms with Crippen LogP contribution < -0.4 is 16.2 Å². The SMILES string of the molecule is CC(C)(C)NC(=O)N1CCC(n2nc(C(=O)Nc3ccc(-c4ccc(=O)[nH]n4)c(Cl)c3)c3ccccc32)CC1. The maximum absolute atomic E-state index is 13.4. The molecule has 0 unspecified atom stereocenters. The van der Waals surface area contributed by atoms with E-state index in [-0.39, 0.29) is 29.1 Å². The van der Waals surface area contributed by atoms with Crippen LogP contribution in [0.3, 0.4) is 0 Å². The van der Waals surface area contributed by atoms with E-state index in [1.807, 2.05) is 54.6 Å². The normalized spacial score (nSPS) is 14.4. The molecular formula is C28H30ClN7O3. The number of aromatic nitrogens is 4. The number of piperidine rings is 1. The molecule has 11 heteroatoms. The largest absolute Gasteiger partial charge is 0.333 e. The van der Waals surface area contributed by atoms with Gasteiger partial charge in [-0.05, 0) is 63.9 Å². The van der Waals surface area contributed by atoms with Crippen LogP contribution in [0.15, 0.2) is 59.4 Å². The number of likely N-dealkylation sites (tertiary alicyclic amines) is 1. The fraction of sp³-hybridized carbons (Fsp3) is 0.321. The Balaban J connectivity index is 1.34. The highest BCUT2D eigenvalue weighted by Gasteiger charge is 2.28. The molecule has 1 fully saturated rings. The summed E-state index contributed by atoms with van der Waals surface area (Å²) in [7, 11) is 0. The predicted octanol–water partition coefficient (Wildman–Crippen LogP) is 4.84. The summed E-state index contributed by atoms with van der Waals surface area (Å²) in [4.78, 5) is 39.1. The van der Waals surface area contributed by atoms with Gasteiger partial charge in [0.1, 0.15) is 0 Å². The summed E-state index contributed by atoms with van der Waals surface area (Å²) >= 11 is 6.47. The molecule has 39 heavy (non-hydrogen) atoms. The van der Waals surface area contributed by atoms with E-state index in [2.05, 4.69) is 20.8 Å². The summed E-state index contributed by atoms with van der Waals surface area (Å²) in [5, 5.41) is 18.2. The Kier molecular flexibility index (Phi) is 7.14. The van der Waals surface area contributed by atoms with Crippen LogP contribution in [-0.4, -0.2) is 55.4 Å². The van der Waals surface area contributed by atoms with Gasteiger partial charge in [0.15, 0.2) is 5.69 Å². The molecule has 0 aliphatic carbocycles. The molecule has 4 aromatic rings. The van der Waals surface area contributed by atoms with Crippen LogP contribution in [0.1, 0.15) is 50.1 Å². The van der Waals surface area contributed by atoms with Gasteiger partial charge in [-0.25, -0.2) is 9.89 Å². The monoisotopic (exact) mass is 547 g/mol. The molecule has 202 valence electrons. The Morgan fingerprint density at radius 3 is 2.46 bits per heavy atom. The van der Waals surface area contributed by atoms with E-state index in [9.17, 15) is 14.4 Å². The molecule has 0 saturated carbocycles. The van der Waals surface area contributed by atoms with Crippen molar-refractivity contribution in [2.75, 3.05) is 18.4 Å². The number of urea groups is 1. The molecule has 0 bridgehead atoms. The van der Waals surface area contributed by atoms with Crippen LogP contribution in [0, 0.1) is 0 Å². The zero-order valence-corrected chi connectivity index (χ0v) is 22.7. The Morgan fingerprint density at radius 2 is 1.79 bits per heavy atom. The number of anilines is 1. The quantitative estimate of drug-likeness (QED) is 0.337. The molecule has 2 aromatic heterocycles. The van der Waals surface area contributed by atoms with Crippen molar-refractivity contribution in [2.24, 2.45) is 0 Å². The number of nitrogens with zero attached hydrogens (tertiary/aromatic N) is 4. The van der Waals surface area contributed by atoms with E-state index >= 15 is 0 Å². The van der Waals surface area contributed by atoms with Gasteiger partial charge in [-0.1, -0.05) is 29.8 Å². The van der Waals surface area contributed by atoms with E-state index in [0.29, 0.717) is 40.8 Å². The van der Waals surface area contributed by atoms with Crippen molar-refractivity contribution in [1.82, 2.24) is 30.2 Å². The fourth-order valence-electron chi connectivity index (χ4n) is 4.73. The molecule has 10 nitrogen and oxygen atoms in total. The van der Waals surface area contributed by atoms with Crippen LogP contribution in [0.2, 0.25) is 5.02 Å². The number of amides is 3. The lowest BCUT2D eigenvalue weighted by Crippen LogP contribution is -2.50. The first kappa shape index (κ1) is 26.4. The van der Waals surface area contributed by atoms with E-state index < -0.39 is 0 Å². The van der Waals surface area contributed by atoms with E-state index in [4.69, 9.17) is 16.7 Å². The average Bonchev–Trinajstić information content (AvgIpc) is 3.29. The Bertz CT molecular complexity index is 1580. The first-order valence-electron chi connectivity index (χ1n) is 12.8. The lowest BCUT2D eigenvalue weighted by atomic mass is 10.0. The van der Waals surface area contributed by atoms with Gasteiger partial charge in [0.05, 0.1) is 22.3 Å². The van der Waals surface area contributed by atoms with Crippen molar-refractivity contribution in [3.05, 3.63) is 75.7 Å². The van der Waals surface area contributed by atoms with Gasteiger partial charge in [0, 0.05) is 41.3 Å². The number of hydrogen-bond acceptors (Lipinski definition) is 5. The number of rotatable bonds is 4. The number of halogens is 1. The molecular weight excluding hydrogens is 518 g/mol. The molecule has 1 aliphatic rings. The van der Waals surface area contributed by atoms with Crippen molar-refractivity contribution in [2.45, 2.75) is 45.2 Å². The topological polar surface area (TPSA) is 125 Å². The lowest BCUT2D eigenvalue weighted by Gasteiger charge is -2.34. The van der Waals surface area contributed by atoms with Crippen LogP contribution in [0.4, 0.5) is 10.5 Å². The molecule has 3 heterocycles. The number of aromatic amines is 1. The molecule has 5 rings (SSSR count). The Labute approximate surface area is 230 Å². The molecule has 0 atom stereocenters. The molecule has 3 N–H and O–H groups in total. The number of benzene rings is 2. The van der Waals surface area contributed by atoms with Crippen molar-refractivity contribution in [3.8, 4) is 11.3 Å². The molecule has 1 aliphatic heterocycles. The third kappa shape index (κ3) is 5.80. The minimum atomic E-state index is -0.349. The number of nitrogens with one attached hydrogen (secondary N) is 3. The van der Waals surface area contributed by atoms with Gasteiger partial charge in [-0.15, -0.1) is 0 Å². The van der Waals surface area contributed by atoms with Gasteiger partial charge in [0.2, 0.25) is 0 Å². The number of hydrogen-bond donors (Lipinski definition) is 3. The van der Waals surface area contributed by atoms with E-state index in [0.717, 1.165) is 23.7 Å². The average molecular weight is 548 g/mol. The van der Waals surface area contributed by atoms with Crippen molar-refractivity contribution >= 4 is 40.1 Å². The highest BCUT2D eigenvalue weighted by molar-refractivity contribution is 6.33. The van der Waals surface area contributed by atoms with Crippen molar-refractivity contribution < 1.29 is 9.59 Å². The number of para-hydroxylation sites is 1. The second-order valence-corrected chi connectivity index (χ2v) is 11.1. The smallest absolute Gasteiger partial charge is 0.317 e. The van der Waals surface area contributed by atoms with Gasteiger partial charge in [-0.3, -0.25) is 14.3 Å². The minimum absolute atomic E-state index is 0.0626. The highest BCUT2D eigenvalue weighted by atomic mass is 35.5. The zero-order chi connectivity index (χ0) is 27.7. The zero-order valence-electron chi connectivity index (χ0n) is 22.0. The summed E-state index contributed by atoms with van der Waals surface area (Å²) in [6, 6.07) is 15.7. The van der Waals surface area contributed by atoms with Crippen LogP contribution in [0.5, 0.6) is 0 Å². The van der Waals surface area contributed by atoms with Crippen LogP contribution >= 0.6 is 11.6 Å². The summed E-state index contributed by atoms with van der Waals surface area (Å²) in [5.41, 5.74) is 2.25. The molecule has 3 amide bonds. The fourth-order valence-corrected chi connectivity index (χ4v) is 5.01. The highest BCUT2D eigenvalue weighted by Crippen LogP contribution is 2.31. The number of carbonyl (C=O) groups is 2. The van der Waals surface area contributed by atoms with E-state index in [1.54, 1.807) is 24.3 Å². The van der Waals surface area contributed by atoms with Crippen LogP contribution in [-0.2, 0) is 0 Å². The minimum Gasteiger partial charge on any atom is -0.333 e. The number of fused-ring (bicyclic) bond motifs is 1. The molecule has 0 radical (unpaired) electrons. The predicted molar refractivity (Wildman–Crippen MR) is 151 cm³/mol. The maximum atomic E-state index is 13.4. The third-order valence-corrected chi connectivity index (χ3v) is 6.90. The standard InChI is InChI=1S/C28H30ClN7O3/c1-28(2,3)31-27(39)35-14-12-18(13-15-35)36-23-7-5-4-6-20(23)25(34-36)26(38)30-17-8-9-19(21(29)16-17)22-10-11-24(37)33-32-22/h4-11,16,18H,12-15H2,1-3H3,(H,30,38)(H,31,39)(H,33,37). The van der Waals surface area contributed by atoms with Gasteiger partial charge in [0.25, 0.3) is 11.5 Å². The van der Waals surface area contributed by atoms with Gasteiger partial charge >= 0.3 is 6.03 Å². The molecule has 1 saturated heterocycles. The lowest BCUT2D eigenvalue weighted by molar-refractivity contribution is 0.102. The van der Waals surface area contributed by atoms with Crippen molar-refractivity contribution in [3.63, 3.8) is 0 Å². The molecule has 0 spiro atoms. The second kappa shape index (κ2) is 10.5. The van der Waals surface area contributed by atoms with E-state index in [1.165, 1.54) is 6.07 Å². The van der Waals surface area contributed by atoms with Crippen LogP contribution in [0.25, 0.3) is 22.2 Å². The second-order valence-electron chi connectivity index (χ2n) is 10.7. The van der Waals surface area contributed by atoms with Gasteiger partial charge in [-0.2, -0.15) is 10.2 Å². The Hall–Kier alpha value is -4.18. The third-order valence-electron chi connectivity index (χ3n) is 6.59. The Morgan fingerprint density at radius 1 is 1.05 bits per heavy atom. The first-order valence-corrected chi connectivity index (χ1v) is 13.2. The summed E-state index contributed by atoms with van der Waals surface area (Å²) < 4.78 is 1.92.